The molecule has 2 N–H and O–H groups in total. The third kappa shape index (κ3) is 4.72. The third-order valence-corrected chi connectivity index (χ3v) is 3.84. The molecule has 1 atom stereocenters. The maximum Gasteiger partial charge on any atom is 0.348 e. The molecule has 0 fully saturated rings. The van der Waals surface area contributed by atoms with E-state index in [0.717, 1.165) is 0 Å². The van der Waals surface area contributed by atoms with Gasteiger partial charge in [-0.2, -0.15) is 0 Å². The lowest BCUT2D eigenvalue weighted by Gasteiger charge is -2.08. The van der Waals surface area contributed by atoms with Gasteiger partial charge in [-0.1, -0.05) is 0 Å². The lowest BCUT2D eigenvalue weighted by Crippen LogP contribution is -2.17. The zero-order valence-corrected chi connectivity index (χ0v) is 15.9. The van der Waals surface area contributed by atoms with Crippen molar-refractivity contribution in [2.24, 2.45) is 9.98 Å². The van der Waals surface area contributed by atoms with Crippen LogP contribution in [0.1, 0.15) is 43.4 Å². The zero-order valence-electron chi connectivity index (χ0n) is 15.9. The number of nitrogens with zero attached hydrogens (tertiary/aromatic N) is 2. The average Bonchev–Trinajstić information content (AvgIpc) is 2.50. The molecular weight excluding hydrogens is 352 g/mol. The second-order valence-corrected chi connectivity index (χ2v) is 6.30. The van der Waals surface area contributed by atoms with Crippen molar-refractivity contribution in [3.63, 3.8) is 0 Å². The van der Waals surface area contributed by atoms with Crippen LogP contribution >= 0.6 is 0 Å². The van der Waals surface area contributed by atoms with Crippen molar-refractivity contribution >= 4 is 11.4 Å². The molecule has 0 saturated heterocycles. The third-order valence-electron chi connectivity index (χ3n) is 3.84. The molecule has 2 aromatic rings. The average molecular weight is 374 g/mol. The molecule has 2 heterocycles. The standard InChI is InChI=1S/C19H22N2O6/c1-9(21-13(5)17-15(23)7-11(3)27-19(17)25)8-20-12(4)16-14(22)6-10(2)26-18(16)24/h6-7,9,22-23H,8H2,1-5H3/t9-/m0/s1. The summed E-state index contributed by atoms with van der Waals surface area (Å²) in [5.41, 5.74) is -0.681. The summed E-state index contributed by atoms with van der Waals surface area (Å²) in [5, 5.41) is 19.9. The first-order valence-electron chi connectivity index (χ1n) is 8.33. The first-order chi connectivity index (χ1) is 12.6. The Hall–Kier alpha value is -3.16. The van der Waals surface area contributed by atoms with Gasteiger partial charge in [-0.25, -0.2) is 9.59 Å². The van der Waals surface area contributed by atoms with Crippen LogP contribution in [0.5, 0.6) is 11.5 Å². The molecule has 0 aliphatic heterocycles. The normalized spacial score (nSPS) is 13.7. The topological polar surface area (TPSA) is 126 Å². The molecule has 0 aromatic carbocycles. The molecular formula is C19H22N2O6. The molecule has 2 rings (SSSR count). The Morgan fingerprint density at radius 3 is 1.85 bits per heavy atom. The minimum absolute atomic E-state index is 0.00461. The van der Waals surface area contributed by atoms with Crippen LogP contribution in [-0.4, -0.2) is 34.2 Å². The summed E-state index contributed by atoms with van der Waals surface area (Å²) in [6.45, 7) is 8.28. The van der Waals surface area contributed by atoms with Gasteiger partial charge in [0.15, 0.2) is 0 Å². The summed E-state index contributed by atoms with van der Waals surface area (Å²) < 4.78 is 9.97. The molecule has 0 aliphatic rings. The highest BCUT2D eigenvalue weighted by molar-refractivity contribution is 6.01. The van der Waals surface area contributed by atoms with Crippen molar-refractivity contribution in [2.45, 2.75) is 40.7 Å². The van der Waals surface area contributed by atoms with Crippen molar-refractivity contribution in [3.05, 3.63) is 55.6 Å². The van der Waals surface area contributed by atoms with E-state index in [2.05, 4.69) is 9.98 Å². The van der Waals surface area contributed by atoms with Crippen LogP contribution in [0.15, 0.2) is 40.5 Å². The Bertz CT molecular complexity index is 1030. The predicted octanol–water partition coefficient (Wildman–Crippen LogP) is 2.33. The monoisotopic (exact) mass is 374 g/mol. The quantitative estimate of drug-likeness (QED) is 0.774. The highest BCUT2D eigenvalue weighted by Crippen LogP contribution is 2.17. The highest BCUT2D eigenvalue weighted by Gasteiger charge is 2.15. The molecule has 0 spiro atoms. The maximum absolute atomic E-state index is 11.9. The highest BCUT2D eigenvalue weighted by atomic mass is 16.4. The summed E-state index contributed by atoms with van der Waals surface area (Å²) in [5.74, 6) is 0.219. The summed E-state index contributed by atoms with van der Waals surface area (Å²) in [6.07, 6.45) is 0. The van der Waals surface area contributed by atoms with Crippen molar-refractivity contribution < 1.29 is 19.0 Å². The van der Waals surface area contributed by atoms with Crippen molar-refractivity contribution in [1.29, 1.82) is 0 Å². The summed E-state index contributed by atoms with van der Waals surface area (Å²) >= 11 is 0. The number of aryl methyl sites for hydroxylation is 2. The van der Waals surface area contributed by atoms with Gasteiger partial charge in [0, 0.05) is 12.1 Å². The lowest BCUT2D eigenvalue weighted by molar-refractivity contribution is 0.431. The minimum atomic E-state index is -0.664. The van der Waals surface area contributed by atoms with Crippen LogP contribution in [0.3, 0.4) is 0 Å². The zero-order chi connectivity index (χ0) is 20.3. The Balaban J connectivity index is 2.24. The molecule has 27 heavy (non-hydrogen) atoms. The van der Waals surface area contributed by atoms with Crippen molar-refractivity contribution in [2.75, 3.05) is 6.54 Å². The molecule has 8 nitrogen and oxygen atoms in total. The molecule has 144 valence electrons. The number of hydrogen-bond acceptors (Lipinski definition) is 8. The van der Waals surface area contributed by atoms with Gasteiger partial charge in [0.1, 0.15) is 34.1 Å². The van der Waals surface area contributed by atoms with Crippen LogP contribution in [-0.2, 0) is 0 Å². The lowest BCUT2D eigenvalue weighted by atomic mass is 10.1. The number of hydrogen-bond donors (Lipinski definition) is 2. The van der Waals surface area contributed by atoms with Crippen molar-refractivity contribution in [3.8, 4) is 11.5 Å². The van der Waals surface area contributed by atoms with Gasteiger partial charge in [0.05, 0.1) is 24.0 Å². The summed E-state index contributed by atoms with van der Waals surface area (Å²) in [7, 11) is 0. The Morgan fingerprint density at radius 1 is 0.963 bits per heavy atom. The van der Waals surface area contributed by atoms with Gasteiger partial charge in [0.2, 0.25) is 0 Å². The Morgan fingerprint density at radius 2 is 1.41 bits per heavy atom. The molecule has 0 aliphatic carbocycles. The molecule has 0 bridgehead atoms. The molecule has 8 heteroatoms. The Labute approximate surface area is 155 Å². The van der Waals surface area contributed by atoms with E-state index in [4.69, 9.17) is 8.83 Å². The fourth-order valence-corrected chi connectivity index (χ4v) is 2.64. The van der Waals surface area contributed by atoms with E-state index < -0.39 is 11.3 Å². The van der Waals surface area contributed by atoms with Gasteiger partial charge >= 0.3 is 11.3 Å². The van der Waals surface area contributed by atoms with E-state index in [1.54, 1.807) is 34.6 Å². The van der Waals surface area contributed by atoms with Crippen LogP contribution in [0.2, 0.25) is 0 Å². The van der Waals surface area contributed by atoms with Gasteiger partial charge in [-0.05, 0) is 34.6 Å². The molecule has 0 unspecified atom stereocenters. The van der Waals surface area contributed by atoms with Crippen LogP contribution < -0.4 is 11.3 Å². The predicted molar refractivity (Wildman–Crippen MR) is 102 cm³/mol. The van der Waals surface area contributed by atoms with Gasteiger partial charge in [0.25, 0.3) is 0 Å². The fourth-order valence-electron chi connectivity index (χ4n) is 2.64. The van der Waals surface area contributed by atoms with Crippen molar-refractivity contribution in [1.82, 2.24) is 0 Å². The Kier molecular flexibility index (Phi) is 5.99. The van der Waals surface area contributed by atoms with Gasteiger partial charge in [-0.3, -0.25) is 9.98 Å². The van der Waals surface area contributed by atoms with E-state index in [1.165, 1.54) is 12.1 Å². The molecule has 0 amide bonds. The number of rotatable bonds is 5. The van der Waals surface area contributed by atoms with Gasteiger partial charge in [-0.15, -0.1) is 0 Å². The van der Waals surface area contributed by atoms with Gasteiger partial charge < -0.3 is 19.0 Å². The van der Waals surface area contributed by atoms with Crippen LogP contribution in [0.25, 0.3) is 0 Å². The molecule has 0 radical (unpaired) electrons. The number of aliphatic imine (C=N–C) groups is 2. The second kappa shape index (κ2) is 8.03. The molecule has 0 saturated carbocycles. The second-order valence-electron chi connectivity index (χ2n) is 6.30. The first-order valence-corrected chi connectivity index (χ1v) is 8.33. The van der Waals surface area contributed by atoms with E-state index in [0.29, 0.717) is 22.9 Å². The minimum Gasteiger partial charge on any atom is -0.507 e. The molecule has 2 aromatic heterocycles. The summed E-state index contributed by atoms with van der Waals surface area (Å²) in [6, 6.07) is 2.35. The smallest absolute Gasteiger partial charge is 0.348 e. The first kappa shape index (κ1) is 20.2. The van der Waals surface area contributed by atoms with E-state index in [-0.39, 0.29) is 35.2 Å². The largest absolute Gasteiger partial charge is 0.507 e. The van der Waals surface area contributed by atoms with E-state index in [9.17, 15) is 19.8 Å². The SMILES string of the molecule is CC(=NC[C@H](C)N=C(C)c1c(O)cc(C)oc1=O)c1c(O)cc(C)oc1=O. The fraction of sp³-hybridized carbons (Fsp3) is 0.368. The maximum atomic E-state index is 11.9. The van der Waals surface area contributed by atoms with Crippen LogP contribution in [0, 0.1) is 13.8 Å². The number of aromatic hydroxyl groups is 2. The summed E-state index contributed by atoms with van der Waals surface area (Å²) in [4.78, 5) is 32.5. The van der Waals surface area contributed by atoms with E-state index >= 15 is 0 Å². The van der Waals surface area contributed by atoms with E-state index in [1.807, 2.05) is 0 Å². The van der Waals surface area contributed by atoms with Crippen LogP contribution in [0.4, 0.5) is 0 Å².